The summed E-state index contributed by atoms with van der Waals surface area (Å²) >= 11 is 0. The van der Waals surface area contributed by atoms with Crippen molar-refractivity contribution in [3.63, 3.8) is 0 Å². The van der Waals surface area contributed by atoms with E-state index in [4.69, 9.17) is 5.73 Å². The van der Waals surface area contributed by atoms with E-state index in [1.54, 1.807) is 24.0 Å². The van der Waals surface area contributed by atoms with Gasteiger partial charge in [-0.15, -0.1) is 0 Å². The zero-order valence-corrected chi connectivity index (χ0v) is 10.7. The molecular formula is C13H15FN4O. The average Bonchev–Trinajstić information content (AvgIpc) is 2.78. The number of hydrogen-bond donors (Lipinski definition) is 2. The smallest absolute Gasteiger partial charge is 0.249 e. The molecule has 0 saturated heterocycles. The summed E-state index contributed by atoms with van der Waals surface area (Å²) in [6.07, 6.45) is 3.45. The summed E-state index contributed by atoms with van der Waals surface area (Å²) in [5, 5.41) is 6.73. The maximum atomic E-state index is 12.9. The Hall–Kier alpha value is -2.37. The van der Waals surface area contributed by atoms with E-state index in [0.717, 1.165) is 5.56 Å². The summed E-state index contributed by atoms with van der Waals surface area (Å²) < 4.78 is 14.5. The lowest BCUT2D eigenvalue weighted by Gasteiger charge is -2.14. The summed E-state index contributed by atoms with van der Waals surface area (Å²) in [5.74, 6) is -0.701. The molecule has 0 fully saturated rings. The Bertz CT molecular complexity index is 608. The highest BCUT2D eigenvalue weighted by Gasteiger charge is 2.16. The van der Waals surface area contributed by atoms with E-state index in [1.165, 1.54) is 18.2 Å². The van der Waals surface area contributed by atoms with Crippen LogP contribution in [0.1, 0.15) is 18.5 Å². The number of nitrogens with two attached hydrogens (primary N) is 1. The second-order valence-corrected chi connectivity index (χ2v) is 4.39. The van der Waals surface area contributed by atoms with Crippen molar-refractivity contribution < 1.29 is 9.18 Å². The van der Waals surface area contributed by atoms with Crippen LogP contribution in [-0.4, -0.2) is 15.7 Å². The monoisotopic (exact) mass is 262 g/mol. The molecule has 0 saturated carbocycles. The van der Waals surface area contributed by atoms with Crippen LogP contribution in [0.3, 0.4) is 0 Å². The lowest BCUT2D eigenvalue weighted by molar-refractivity contribution is -0.119. The number of anilines is 2. The molecule has 1 aromatic carbocycles. The SMILES string of the molecule is Cc1cnn(C(C)C(=O)Nc2ccc(F)cc2N)c1. The van der Waals surface area contributed by atoms with Crippen molar-refractivity contribution in [2.24, 2.45) is 0 Å². The van der Waals surface area contributed by atoms with Gasteiger partial charge >= 0.3 is 0 Å². The number of nitrogens with zero attached hydrogens (tertiary/aromatic N) is 2. The topological polar surface area (TPSA) is 72.9 Å². The zero-order valence-electron chi connectivity index (χ0n) is 10.7. The van der Waals surface area contributed by atoms with Crippen LogP contribution in [0.5, 0.6) is 0 Å². The molecule has 1 aromatic heterocycles. The van der Waals surface area contributed by atoms with Gasteiger partial charge in [-0.25, -0.2) is 4.39 Å². The van der Waals surface area contributed by atoms with Gasteiger partial charge in [0.25, 0.3) is 0 Å². The summed E-state index contributed by atoms with van der Waals surface area (Å²) in [5.41, 5.74) is 7.19. The minimum atomic E-state index is -0.474. The Balaban J connectivity index is 2.12. The van der Waals surface area contributed by atoms with Crippen molar-refractivity contribution in [1.29, 1.82) is 0 Å². The van der Waals surface area contributed by atoms with Crippen LogP contribution >= 0.6 is 0 Å². The first kappa shape index (κ1) is 13.1. The lowest BCUT2D eigenvalue weighted by Crippen LogP contribution is -2.24. The summed E-state index contributed by atoms with van der Waals surface area (Å²) in [6.45, 7) is 3.62. The molecule has 1 atom stereocenters. The molecule has 100 valence electrons. The van der Waals surface area contributed by atoms with Gasteiger partial charge in [0.05, 0.1) is 17.6 Å². The highest BCUT2D eigenvalue weighted by Crippen LogP contribution is 2.20. The molecule has 2 rings (SSSR count). The number of halogens is 1. The summed E-state index contributed by atoms with van der Waals surface area (Å²) in [6, 6.07) is 3.37. The minimum Gasteiger partial charge on any atom is -0.397 e. The quantitative estimate of drug-likeness (QED) is 0.832. The molecule has 19 heavy (non-hydrogen) atoms. The van der Waals surface area contributed by atoms with Crippen LogP contribution in [0.25, 0.3) is 0 Å². The number of amides is 1. The van der Waals surface area contributed by atoms with Crippen LogP contribution in [0.2, 0.25) is 0 Å². The number of hydrogen-bond acceptors (Lipinski definition) is 3. The fraction of sp³-hybridized carbons (Fsp3) is 0.231. The van der Waals surface area contributed by atoms with Gasteiger partial charge in [-0.1, -0.05) is 0 Å². The summed E-state index contributed by atoms with van der Waals surface area (Å²) in [7, 11) is 0. The van der Waals surface area contributed by atoms with E-state index < -0.39 is 11.9 Å². The minimum absolute atomic E-state index is 0.192. The Morgan fingerprint density at radius 2 is 2.26 bits per heavy atom. The number of aryl methyl sites for hydroxylation is 1. The molecule has 0 aliphatic rings. The highest BCUT2D eigenvalue weighted by molar-refractivity contribution is 5.96. The van der Waals surface area contributed by atoms with Gasteiger partial charge in [0.1, 0.15) is 11.9 Å². The van der Waals surface area contributed by atoms with Gasteiger partial charge in [0.2, 0.25) is 5.91 Å². The maximum Gasteiger partial charge on any atom is 0.249 e. The van der Waals surface area contributed by atoms with Crippen molar-refractivity contribution in [2.45, 2.75) is 19.9 Å². The maximum absolute atomic E-state index is 12.9. The van der Waals surface area contributed by atoms with E-state index in [0.29, 0.717) is 5.69 Å². The fourth-order valence-electron chi connectivity index (χ4n) is 1.65. The second kappa shape index (κ2) is 5.09. The van der Waals surface area contributed by atoms with Crippen molar-refractivity contribution in [1.82, 2.24) is 9.78 Å². The molecule has 1 unspecified atom stereocenters. The number of aromatic nitrogens is 2. The molecule has 5 nitrogen and oxygen atoms in total. The molecule has 1 amide bonds. The van der Waals surface area contributed by atoms with Crippen molar-refractivity contribution >= 4 is 17.3 Å². The zero-order chi connectivity index (χ0) is 14.0. The molecule has 6 heteroatoms. The van der Waals surface area contributed by atoms with Gasteiger partial charge < -0.3 is 11.1 Å². The molecule has 0 aliphatic carbocycles. The van der Waals surface area contributed by atoms with E-state index in [2.05, 4.69) is 10.4 Å². The summed E-state index contributed by atoms with van der Waals surface area (Å²) in [4.78, 5) is 12.0. The fourth-order valence-corrected chi connectivity index (χ4v) is 1.65. The first-order valence-electron chi connectivity index (χ1n) is 5.84. The molecule has 0 radical (unpaired) electrons. The largest absolute Gasteiger partial charge is 0.397 e. The molecule has 0 bridgehead atoms. The van der Waals surface area contributed by atoms with Crippen LogP contribution < -0.4 is 11.1 Å². The normalized spacial score (nSPS) is 12.2. The van der Waals surface area contributed by atoms with E-state index in [1.807, 2.05) is 6.92 Å². The number of benzene rings is 1. The predicted molar refractivity (Wildman–Crippen MR) is 71.1 cm³/mol. The number of rotatable bonds is 3. The Labute approximate surface area is 110 Å². The molecule has 3 N–H and O–H groups in total. The number of nitrogens with one attached hydrogen (secondary N) is 1. The number of carbonyl (C=O) groups excluding carboxylic acids is 1. The second-order valence-electron chi connectivity index (χ2n) is 4.39. The molecule has 0 aliphatic heterocycles. The first-order chi connectivity index (χ1) is 8.97. The first-order valence-corrected chi connectivity index (χ1v) is 5.84. The van der Waals surface area contributed by atoms with Gasteiger partial charge in [0.15, 0.2) is 0 Å². The standard InChI is InChI=1S/C13H15FN4O/c1-8-6-16-18(7-8)9(2)13(19)17-12-4-3-10(14)5-11(12)15/h3-7,9H,15H2,1-2H3,(H,17,19). The number of nitrogen functional groups attached to an aromatic ring is 1. The third kappa shape index (κ3) is 2.90. The van der Waals surface area contributed by atoms with Crippen molar-refractivity contribution in [3.05, 3.63) is 42.0 Å². The van der Waals surface area contributed by atoms with E-state index in [9.17, 15) is 9.18 Å². The van der Waals surface area contributed by atoms with E-state index in [-0.39, 0.29) is 11.6 Å². The molecule has 0 spiro atoms. The van der Waals surface area contributed by atoms with Gasteiger partial charge in [-0.05, 0) is 37.6 Å². The van der Waals surface area contributed by atoms with Crippen molar-refractivity contribution in [3.8, 4) is 0 Å². The van der Waals surface area contributed by atoms with Crippen LogP contribution in [0, 0.1) is 12.7 Å². The van der Waals surface area contributed by atoms with E-state index >= 15 is 0 Å². The van der Waals surface area contributed by atoms with Gasteiger partial charge in [0, 0.05) is 6.20 Å². The Morgan fingerprint density at radius 1 is 1.53 bits per heavy atom. The van der Waals surface area contributed by atoms with Gasteiger partial charge in [-0.3, -0.25) is 9.48 Å². The van der Waals surface area contributed by atoms with Crippen LogP contribution in [0.15, 0.2) is 30.6 Å². The van der Waals surface area contributed by atoms with Crippen LogP contribution in [0.4, 0.5) is 15.8 Å². The molecule has 2 aromatic rings. The van der Waals surface area contributed by atoms with Gasteiger partial charge in [-0.2, -0.15) is 5.10 Å². The Morgan fingerprint density at radius 3 is 2.84 bits per heavy atom. The third-order valence-corrected chi connectivity index (χ3v) is 2.78. The number of carbonyl (C=O) groups is 1. The highest BCUT2D eigenvalue weighted by atomic mass is 19.1. The molecule has 1 heterocycles. The molecular weight excluding hydrogens is 247 g/mol. The predicted octanol–water partition coefficient (Wildman–Crippen LogP) is 2.11. The van der Waals surface area contributed by atoms with Crippen LogP contribution in [-0.2, 0) is 4.79 Å². The van der Waals surface area contributed by atoms with Crippen molar-refractivity contribution in [2.75, 3.05) is 11.1 Å². The third-order valence-electron chi connectivity index (χ3n) is 2.78. The Kier molecular flexibility index (Phi) is 3.50. The lowest BCUT2D eigenvalue weighted by atomic mass is 10.2. The average molecular weight is 262 g/mol.